The van der Waals surface area contributed by atoms with Crippen molar-refractivity contribution in [2.24, 2.45) is 0 Å². The largest absolute Gasteiger partial charge is 0.347 e. The summed E-state index contributed by atoms with van der Waals surface area (Å²) >= 11 is 8.43. The second-order valence-electron chi connectivity index (χ2n) is 5.26. The van der Waals surface area contributed by atoms with Crippen LogP contribution in [-0.4, -0.2) is 31.1 Å². The first-order valence-electron chi connectivity index (χ1n) is 6.78. The summed E-state index contributed by atoms with van der Waals surface area (Å²) in [6.45, 7) is 2.35. The lowest BCUT2D eigenvalue weighted by Crippen LogP contribution is -2.68. The second kappa shape index (κ2) is 6.02. The van der Waals surface area contributed by atoms with Gasteiger partial charge in [-0.2, -0.15) is 0 Å². The van der Waals surface area contributed by atoms with Gasteiger partial charge in [-0.1, -0.05) is 62.2 Å². The maximum atomic E-state index is 12.5. The standard InChI is InChI=1S/C15H14Br2N2O2S/c1-9-8-22-14-15(16,17)13(21)19(14)11(9)12(20)18-7-10-5-3-2-4-6-10/h2-6,14H,7-8H2,1H3,(H,18,20)/t14-/m1/s1. The van der Waals surface area contributed by atoms with Crippen LogP contribution in [-0.2, 0) is 16.1 Å². The van der Waals surface area contributed by atoms with Gasteiger partial charge in [0.1, 0.15) is 11.1 Å². The zero-order valence-corrected chi connectivity index (χ0v) is 15.8. The molecular weight excluding hydrogens is 432 g/mol. The van der Waals surface area contributed by atoms with E-state index in [0.29, 0.717) is 12.2 Å². The van der Waals surface area contributed by atoms with Crippen molar-refractivity contribution in [1.29, 1.82) is 0 Å². The highest BCUT2D eigenvalue weighted by Gasteiger charge is 2.61. The number of hydrogen-bond acceptors (Lipinski definition) is 3. The highest BCUT2D eigenvalue weighted by molar-refractivity contribution is 9.26. The summed E-state index contributed by atoms with van der Waals surface area (Å²) in [4.78, 5) is 26.4. The Balaban J connectivity index is 1.75. The topological polar surface area (TPSA) is 49.4 Å². The van der Waals surface area contributed by atoms with Crippen molar-refractivity contribution in [3.63, 3.8) is 0 Å². The summed E-state index contributed by atoms with van der Waals surface area (Å²) in [6.07, 6.45) is 0. The minimum absolute atomic E-state index is 0.0961. The summed E-state index contributed by atoms with van der Waals surface area (Å²) in [5, 5.41) is 2.81. The van der Waals surface area contributed by atoms with Gasteiger partial charge in [0.05, 0.1) is 0 Å². The number of β-lactam (4-membered cyclic amide) rings is 1. The molecule has 1 saturated heterocycles. The van der Waals surface area contributed by atoms with Crippen LogP contribution in [0.3, 0.4) is 0 Å². The molecule has 4 nitrogen and oxygen atoms in total. The Morgan fingerprint density at radius 2 is 2.09 bits per heavy atom. The average molecular weight is 446 g/mol. The molecule has 0 aromatic heterocycles. The molecule has 0 aliphatic carbocycles. The third kappa shape index (κ3) is 2.63. The molecule has 1 N–H and O–H groups in total. The Hall–Kier alpha value is -0.790. The number of rotatable bonds is 3. The molecule has 3 rings (SSSR count). The molecule has 116 valence electrons. The van der Waals surface area contributed by atoms with E-state index in [-0.39, 0.29) is 17.2 Å². The molecule has 1 fully saturated rings. The van der Waals surface area contributed by atoms with Gasteiger partial charge in [-0.15, -0.1) is 11.8 Å². The number of carbonyl (C=O) groups is 2. The predicted molar refractivity (Wildman–Crippen MR) is 94.7 cm³/mol. The van der Waals surface area contributed by atoms with E-state index in [1.165, 1.54) is 0 Å². The maximum Gasteiger partial charge on any atom is 0.268 e. The van der Waals surface area contributed by atoms with E-state index in [9.17, 15) is 9.59 Å². The fraction of sp³-hybridized carbons (Fsp3) is 0.333. The van der Waals surface area contributed by atoms with E-state index in [1.54, 1.807) is 16.7 Å². The van der Waals surface area contributed by atoms with Crippen molar-refractivity contribution < 1.29 is 9.59 Å². The number of carbonyl (C=O) groups excluding carboxylic acids is 2. The summed E-state index contributed by atoms with van der Waals surface area (Å²) in [7, 11) is 0. The fourth-order valence-corrected chi connectivity index (χ4v) is 5.30. The molecule has 1 aromatic carbocycles. The van der Waals surface area contributed by atoms with Crippen LogP contribution in [0.25, 0.3) is 0 Å². The highest BCUT2D eigenvalue weighted by atomic mass is 79.9. The molecule has 7 heteroatoms. The van der Waals surface area contributed by atoms with Crippen LogP contribution < -0.4 is 5.32 Å². The van der Waals surface area contributed by atoms with Gasteiger partial charge >= 0.3 is 0 Å². The van der Waals surface area contributed by atoms with Crippen molar-refractivity contribution >= 4 is 55.4 Å². The Morgan fingerprint density at radius 1 is 1.41 bits per heavy atom. The van der Waals surface area contributed by atoms with Crippen molar-refractivity contribution in [3.05, 3.63) is 47.2 Å². The molecule has 2 aliphatic heterocycles. The molecule has 2 aliphatic rings. The Bertz CT molecular complexity index is 661. The third-order valence-corrected chi connectivity index (χ3v) is 7.29. The number of halogens is 2. The Morgan fingerprint density at radius 3 is 2.77 bits per heavy atom. The molecule has 0 bridgehead atoms. The van der Waals surface area contributed by atoms with Crippen molar-refractivity contribution in [1.82, 2.24) is 10.2 Å². The van der Waals surface area contributed by atoms with Crippen molar-refractivity contribution in [2.45, 2.75) is 22.1 Å². The molecule has 2 heterocycles. The van der Waals surface area contributed by atoms with E-state index in [0.717, 1.165) is 16.9 Å². The molecule has 0 unspecified atom stereocenters. The van der Waals surface area contributed by atoms with Gasteiger partial charge in [0.15, 0.2) is 3.23 Å². The van der Waals surface area contributed by atoms with Crippen LogP contribution in [0.2, 0.25) is 0 Å². The van der Waals surface area contributed by atoms with E-state index < -0.39 is 3.23 Å². The molecule has 1 atom stereocenters. The van der Waals surface area contributed by atoms with Crippen LogP contribution in [0.1, 0.15) is 12.5 Å². The Labute approximate surface area is 150 Å². The van der Waals surface area contributed by atoms with E-state index in [1.807, 2.05) is 37.3 Å². The number of hydrogen-bond donors (Lipinski definition) is 1. The van der Waals surface area contributed by atoms with Gasteiger partial charge < -0.3 is 5.32 Å². The first kappa shape index (κ1) is 16.1. The Kier molecular flexibility index (Phi) is 4.40. The predicted octanol–water partition coefficient (Wildman–Crippen LogP) is 2.98. The number of nitrogens with one attached hydrogen (secondary N) is 1. The number of nitrogens with zero attached hydrogens (tertiary/aromatic N) is 1. The second-order valence-corrected chi connectivity index (χ2v) is 9.89. The number of benzene rings is 1. The lowest BCUT2D eigenvalue weighted by atomic mass is 10.1. The smallest absolute Gasteiger partial charge is 0.268 e. The monoisotopic (exact) mass is 444 g/mol. The molecule has 0 radical (unpaired) electrons. The van der Waals surface area contributed by atoms with Gasteiger partial charge in [-0.3, -0.25) is 14.5 Å². The van der Waals surface area contributed by atoms with E-state index in [2.05, 4.69) is 37.2 Å². The number of fused-ring (bicyclic) bond motifs is 1. The van der Waals surface area contributed by atoms with Gasteiger partial charge in [-0.25, -0.2) is 0 Å². The molecule has 1 aromatic rings. The third-order valence-electron chi connectivity index (χ3n) is 3.66. The molecular formula is C15H14Br2N2O2S. The molecule has 22 heavy (non-hydrogen) atoms. The minimum atomic E-state index is -0.754. The lowest BCUT2D eigenvalue weighted by molar-refractivity contribution is -0.141. The van der Waals surface area contributed by atoms with Crippen LogP contribution in [0.15, 0.2) is 41.6 Å². The zero-order valence-electron chi connectivity index (χ0n) is 11.8. The average Bonchev–Trinajstić information content (AvgIpc) is 2.52. The zero-order chi connectivity index (χ0) is 15.9. The SMILES string of the molecule is CC1=C(C(=O)NCc2ccccc2)N2C(=O)C(Br)(Br)[C@H]2SC1. The summed E-state index contributed by atoms with van der Waals surface area (Å²) < 4.78 is -0.754. The molecule has 2 amide bonds. The van der Waals surface area contributed by atoms with Gasteiger partial charge in [0, 0.05) is 12.3 Å². The minimum Gasteiger partial charge on any atom is -0.347 e. The number of thioether (sulfide) groups is 1. The van der Waals surface area contributed by atoms with Crippen LogP contribution in [0.5, 0.6) is 0 Å². The summed E-state index contributed by atoms with van der Waals surface area (Å²) in [6, 6.07) is 9.71. The number of alkyl halides is 2. The first-order chi connectivity index (χ1) is 10.4. The summed E-state index contributed by atoms with van der Waals surface area (Å²) in [5.41, 5.74) is 2.44. The first-order valence-corrected chi connectivity index (χ1v) is 9.41. The molecule has 0 saturated carbocycles. The fourth-order valence-electron chi connectivity index (χ4n) is 2.51. The van der Waals surface area contributed by atoms with Crippen LogP contribution in [0, 0.1) is 0 Å². The lowest BCUT2D eigenvalue weighted by Gasteiger charge is -2.52. The quantitative estimate of drug-likeness (QED) is 0.574. The van der Waals surface area contributed by atoms with Gasteiger partial charge in [0.2, 0.25) is 0 Å². The molecule has 0 spiro atoms. The van der Waals surface area contributed by atoms with Crippen molar-refractivity contribution in [2.75, 3.05) is 5.75 Å². The van der Waals surface area contributed by atoms with E-state index in [4.69, 9.17) is 0 Å². The normalized spacial score (nSPS) is 23.0. The van der Waals surface area contributed by atoms with E-state index >= 15 is 0 Å². The van der Waals surface area contributed by atoms with Crippen LogP contribution in [0.4, 0.5) is 0 Å². The van der Waals surface area contributed by atoms with Gasteiger partial charge in [-0.05, 0) is 18.1 Å². The van der Waals surface area contributed by atoms with Gasteiger partial charge in [0.25, 0.3) is 11.8 Å². The van der Waals surface area contributed by atoms with Crippen molar-refractivity contribution in [3.8, 4) is 0 Å². The van der Waals surface area contributed by atoms with Crippen LogP contribution >= 0.6 is 43.6 Å². The maximum absolute atomic E-state index is 12.5. The number of amides is 2. The highest BCUT2D eigenvalue weighted by Crippen LogP contribution is 2.53. The summed E-state index contributed by atoms with van der Waals surface area (Å²) in [5.74, 6) is 0.408.